The summed E-state index contributed by atoms with van der Waals surface area (Å²) in [6.45, 7) is 7.19. The Morgan fingerprint density at radius 3 is 2.93 bits per heavy atom. The summed E-state index contributed by atoms with van der Waals surface area (Å²) in [7, 11) is 0. The minimum atomic E-state index is 0.253. The first-order chi connectivity index (χ1) is 6.76. The normalized spacial score (nSPS) is 13.1. The fraction of sp³-hybridized carbons (Fsp3) is 0.636. The molecule has 2 N–H and O–H groups in total. The minimum absolute atomic E-state index is 0.253. The van der Waals surface area contributed by atoms with Crippen molar-refractivity contribution in [3.63, 3.8) is 0 Å². The Morgan fingerprint density at radius 2 is 2.36 bits per heavy atom. The fourth-order valence-corrected chi connectivity index (χ4v) is 1.32. The van der Waals surface area contributed by atoms with Crippen LogP contribution in [0.15, 0.2) is 18.5 Å². The molecule has 3 nitrogen and oxygen atoms in total. The van der Waals surface area contributed by atoms with Crippen molar-refractivity contribution in [2.24, 2.45) is 5.92 Å². The number of rotatable bonds is 6. The van der Waals surface area contributed by atoms with E-state index in [0.29, 0.717) is 5.92 Å². The van der Waals surface area contributed by atoms with E-state index in [1.807, 2.05) is 6.92 Å². The highest BCUT2D eigenvalue weighted by molar-refractivity contribution is 5.09. The van der Waals surface area contributed by atoms with Crippen molar-refractivity contribution in [1.82, 2.24) is 9.88 Å². The number of hydrogen-bond donors (Lipinski definition) is 2. The third-order valence-corrected chi connectivity index (χ3v) is 2.31. The molecule has 0 fully saturated rings. The quantitative estimate of drug-likeness (QED) is 0.718. The molecular weight excluding hydrogens is 176 g/mol. The van der Waals surface area contributed by atoms with Crippen molar-refractivity contribution < 1.29 is 5.11 Å². The number of aliphatic hydroxyl groups excluding tert-OH is 1. The Kier molecular flexibility index (Phi) is 4.70. The number of nitrogens with one attached hydrogen (secondary N) is 1. The SMILES string of the molecule is CCn1ccc(CNCC(C)CO)c1. The van der Waals surface area contributed by atoms with Crippen LogP contribution in [-0.4, -0.2) is 22.8 Å². The number of hydrogen-bond acceptors (Lipinski definition) is 2. The Bertz CT molecular complexity index is 258. The molecule has 0 aliphatic carbocycles. The molecule has 0 saturated carbocycles. The lowest BCUT2D eigenvalue weighted by atomic mass is 10.2. The van der Waals surface area contributed by atoms with Gasteiger partial charge in [0.25, 0.3) is 0 Å². The van der Waals surface area contributed by atoms with E-state index in [9.17, 15) is 0 Å². The number of aryl methyl sites for hydroxylation is 1. The van der Waals surface area contributed by atoms with Gasteiger partial charge >= 0.3 is 0 Å². The maximum atomic E-state index is 8.83. The smallest absolute Gasteiger partial charge is 0.0468 e. The summed E-state index contributed by atoms with van der Waals surface area (Å²) in [6, 6.07) is 2.13. The first-order valence-corrected chi connectivity index (χ1v) is 5.22. The maximum Gasteiger partial charge on any atom is 0.0468 e. The van der Waals surface area contributed by atoms with Gasteiger partial charge in [-0.2, -0.15) is 0 Å². The van der Waals surface area contributed by atoms with Gasteiger partial charge in [-0.25, -0.2) is 0 Å². The Hall–Kier alpha value is -0.800. The van der Waals surface area contributed by atoms with E-state index >= 15 is 0 Å². The second kappa shape index (κ2) is 5.83. The van der Waals surface area contributed by atoms with Crippen molar-refractivity contribution in [3.8, 4) is 0 Å². The highest BCUT2D eigenvalue weighted by Crippen LogP contribution is 2.01. The zero-order valence-electron chi connectivity index (χ0n) is 9.03. The lowest BCUT2D eigenvalue weighted by Gasteiger charge is -2.08. The van der Waals surface area contributed by atoms with Crippen LogP contribution in [0.1, 0.15) is 19.4 Å². The summed E-state index contributed by atoms with van der Waals surface area (Å²) in [5.74, 6) is 0.336. The van der Waals surface area contributed by atoms with Crippen molar-refractivity contribution >= 4 is 0 Å². The van der Waals surface area contributed by atoms with Crippen LogP contribution in [0.3, 0.4) is 0 Å². The Balaban J connectivity index is 2.24. The zero-order chi connectivity index (χ0) is 10.4. The van der Waals surface area contributed by atoms with Gasteiger partial charge < -0.3 is 15.0 Å². The molecule has 14 heavy (non-hydrogen) atoms. The molecule has 80 valence electrons. The van der Waals surface area contributed by atoms with Crippen LogP contribution in [0.5, 0.6) is 0 Å². The third-order valence-electron chi connectivity index (χ3n) is 2.31. The average molecular weight is 196 g/mol. The Labute approximate surface area is 85.7 Å². The number of aliphatic hydroxyl groups is 1. The second-order valence-electron chi connectivity index (χ2n) is 3.77. The van der Waals surface area contributed by atoms with Crippen LogP contribution in [0.25, 0.3) is 0 Å². The molecule has 0 saturated heterocycles. The van der Waals surface area contributed by atoms with Gasteiger partial charge in [0.15, 0.2) is 0 Å². The van der Waals surface area contributed by atoms with Gasteiger partial charge in [-0.15, -0.1) is 0 Å². The van der Waals surface area contributed by atoms with Crippen LogP contribution < -0.4 is 5.32 Å². The molecule has 1 aromatic rings. The maximum absolute atomic E-state index is 8.83. The van der Waals surface area contributed by atoms with E-state index in [-0.39, 0.29) is 6.61 Å². The first-order valence-electron chi connectivity index (χ1n) is 5.22. The topological polar surface area (TPSA) is 37.2 Å². The molecule has 0 spiro atoms. The van der Waals surface area contributed by atoms with Crippen LogP contribution in [0.4, 0.5) is 0 Å². The van der Waals surface area contributed by atoms with Gasteiger partial charge in [-0.05, 0) is 24.5 Å². The molecule has 0 aliphatic rings. The second-order valence-corrected chi connectivity index (χ2v) is 3.77. The van der Waals surface area contributed by atoms with Crippen molar-refractivity contribution in [2.75, 3.05) is 13.2 Å². The molecule has 0 aromatic carbocycles. The zero-order valence-corrected chi connectivity index (χ0v) is 9.03. The monoisotopic (exact) mass is 196 g/mol. The van der Waals surface area contributed by atoms with E-state index in [1.54, 1.807) is 0 Å². The Morgan fingerprint density at radius 1 is 1.57 bits per heavy atom. The standard InChI is InChI=1S/C11H20N2O/c1-3-13-5-4-11(8-13)7-12-6-10(2)9-14/h4-5,8,10,12,14H,3,6-7,9H2,1-2H3. The van der Waals surface area contributed by atoms with Crippen LogP contribution in [0.2, 0.25) is 0 Å². The summed E-state index contributed by atoms with van der Waals surface area (Å²) >= 11 is 0. The van der Waals surface area contributed by atoms with E-state index in [2.05, 4.69) is 35.3 Å². The highest BCUT2D eigenvalue weighted by atomic mass is 16.3. The molecule has 1 heterocycles. The molecule has 0 amide bonds. The summed E-state index contributed by atoms with van der Waals surface area (Å²) in [5.41, 5.74) is 1.30. The molecule has 0 bridgehead atoms. The van der Waals surface area contributed by atoms with Crippen LogP contribution >= 0.6 is 0 Å². The van der Waals surface area contributed by atoms with E-state index in [0.717, 1.165) is 19.6 Å². The highest BCUT2D eigenvalue weighted by Gasteiger charge is 1.99. The first kappa shape index (κ1) is 11.3. The lowest BCUT2D eigenvalue weighted by Crippen LogP contribution is -2.22. The molecule has 1 rings (SSSR count). The molecular formula is C11H20N2O. The summed E-state index contributed by atoms with van der Waals surface area (Å²) in [6.07, 6.45) is 4.24. The van der Waals surface area contributed by atoms with Gasteiger partial charge in [-0.3, -0.25) is 0 Å². The van der Waals surface area contributed by atoms with E-state index < -0.39 is 0 Å². The van der Waals surface area contributed by atoms with Crippen molar-refractivity contribution in [1.29, 1.82) is 0 Å². The van der Waals surface area contributed by atoms with Gasteiger partial charge in [0, 0.05) is 38.6 Å². The molecule has 0 aliphatic heterocycles. The summed E-state index contributed by atoms with van der Waals surface area (Å²) < 4.78 is 2.16. The van der Waals surface area contributed by atoms with Gasteiger partial charge in [-0.1, -0.05) is 6.92 Å². The van der Waals surface area contributed by atoms with E-state index in [4.69, 9.17) is 5.11 Å². The fourth-order valence-electron chi connectivity index (χ4n) is 1.32. The van der Waals surface area contributed by atoms with Gasteiger partial charge in [0.2, 0.25) is 0 Å². The van der Waals surface area contributed by atoms with E-state index in [1.165, 1.54) is 5.56 Å². The predicted octanol–water partition coefficient (Wildman–Crippen LogP) is 1.23. The number of aromatic nitrogens is 1. The van der Waals surface area contributed by atoms with Crippen LogP contribution in [0, 0.1) is 5.92 Å². The summed E-state index contributed by atoms with van der Waals surface area (Å²) in [4.78, 5) is 0. The van der Waals surface area contributed by atoms with Crippen molar-refractivity contribution in [3.05, 3.63) is 24.0 Å². The molecule has 1 aromatic heterocycles. The van der Waals surface area contributed by atoms with Crippen molar-refractivity contribution in [2.45, 2.75) is 26.9 Å². The largest absolute Gasteiger partial charge is 0.396 e. The third kappa shape index (κ3) is 3.52. The number of nitrogens with zero attached hydrogens (tertiary/aromatic N) is 1. The molecule has 1 unspecified atom stereocenters. The van der Waals surface area contributed by atoms with Gasteiger partial charge in [0.1, 0.15) is 0 Å². The minimum Gasteiger partial charge on any atom is -0.396 e. The molecule has 1 atom stereocenters. The average Bonchev–Trinajstić information content (AvgIpc) is 2.65. The molecule has 3 heteroatoms. The van der Waals surface area contributed by atoms with Crippen LogP contribution in [-0.2, 0) is 13.1 Å². The molecule has 0 radical (unpaired) electrons. The van der Waals surface area contributed by atoms with Gasteiger partial charge in [0.05, 0.1) is 0 Å². The summed E-state index contributed by atoms with van der Waals surface area (Å²) in [5, 5.41) is 12.1. The predicted molar refractivity (Wildman–Crippen MR) is 58.1 cm³/mol. The lowest BCUT2D eigenvalue weighted by molar-refractivity contribution is 0.233.